The van der Waals surface area contributed by atoms with Crippen molar-refractivity contribution < 1.29 is 14.7 Å². The van der Waals surface area contributed by atoms with Crippen LogP contribution < -0.4 is 5.32 Å². The number of nitrogens with one attached hydrogen (secondary N) is 1. The van der Waals surface area contributed by atoms with E-state index in [0.29, 0.717) is 12.8 Å². The van der Waals surface area contributed by atoms with Crippen LogP contribution in [0.1, 0.15) is 43.4 Å². The molecule has 1 aliphatic rings. The molecule has 1 aromatic rings. The molecule has 0 spiro atoms. The van der Waals surface area contributed by atoms with Crippen molar-refractivity contribution in [3.05, 3.63) is 20.8 Å². The topological polar surface area (TPSA) is 66.4 Å². The third kappa shape index (κ3) is 5.43. The number of aliphatic carboxylic acids is 1. The van der Waals surface area contributed by atoms with Crippen LogP contribution >= 0.6 is 27.3 Å². The van der Waals surface area contributed by atoms with Gasteiger partial charge in [-0.3, -0.25) is 9.59 Å². The molecule has 6 heteroatoms. The van der Waals surface area contributed by atoms with Crippen LogP contribution in [0.4, 0.5) is 0 Å². The lowest BCUT2D eigenvalue weighted by Gasteiger charge is -2.27. The van der Waals surface area contributed by atoms with Crippen molar-refractivity contribution >= 4 is 39.1 Å². The molecule has 21 heavy (non-hydrogen) atoms. The zero-order valence-corrected chi connectivity index (χ0v) is 14.2. The Balaban J connectivity index is 1.68. The molecule has 0 radical (unpaired) electrons. The summed E-state index contributed by atoms with van der Waals surface area (Å²) in [6.07, 6.45) is 5.32. The Morgan fingerprint density at radius 1 is 1.38 bits per heavy atom. The van der Waals surface area contributed by atoms with E-state index in [0.717, 1.165) is 35.9 Å². The van der Waals surface area contributed by atoms with Gasteiger partial charge in [0.25, 0.3) is 0 Å². The van der Waals surface area contributed by atoms with Crippen molar-refractivity contribution in [2.75, 3.05) is 0 Å². The molecule has 2 N–H and O–H groups in total. The lowest BCUT2D eigenvalue weighted by Crippen LogP contribution is -2.39. The summed E-state index contributed by atoms with van der Waals surface area (Å²) in [6, 6.07) is 4.13. The third-order valence-corrected chi connectivity index (χ3v) is 5.53. The molecular formula is C15H20BrNO3S. The maximum absolute atomic E-state index is 11.9. The third-order valence-electron chi connectivity index (χ3n) is 3.84. The second-order valence-electron chi connectivity index (χ2n) is 5.53. The Kier molecular flexibility index (Phi) is 6.23. The fourth-order valence-corrected chi connectivity index (χ4v) is 4.28. The first-order valence-electron chi connectivity index (χ1n) is 7.31. The van der Waals surface area contributed by atoms with Crippen molar-refractivity contribution in [3.8, 4) is 0 Å². The van der Waals surface area contributed by atoms with E-state index in [1.165, 1.54) is 4.88 Å². The van der Waals surface area contributed by atoms with Gasteiger partial charge in [0, 0.05) is 17.3 Å². The van der Waals surface area contributed by atoms with Crippen LogP contribution in [0.3, 0.4) is 0 Å². The molecule has 1 aliphatic carbocycles. The Hall–Kier alpha value is -0.880. The molecule has 2 unspecified atom stereocenters. The van der Waals surface area contributed by atoms with Gasteiger partial charge >= 0.3 is 5.97 Å². The highest BCUT2D eigenvalue weighted by Gasteiger charge is 2.27. The number of halogens is 1. The monoisotopic (exact) mass is 373 g/mol. The minimum atomic E-state index is -0.739. The van der Waals surface area contributed by atoms with Gasteiger partial charge in [-0.05, 0) is 60.2 Å². The van der Waals surface area contributed by atoms with Crippen molar-refractivity contribution in [1.82, 2.24) is 5.32 Å². The Morgan fingerprint density at radius 3 is 2.86 bits per heavy atom. The predicted octanol–water partition coefficient (Wildman–Crippen LogP) is 3.59. The highest BCUT2D eigenvalue weighted by molar-refractivity contribution is 9.11. The van der Waals surface area contributed by atoms with Gasteiger partial charge in [-0.25, -0.2) is 0 Å². The second-order valence-corrected chi connectivity index (χ2v) is 8.07. The smallest absolute Gasteiger partial charge is 0.306 e. The van der Waals surface area contributed by atoms with E-state index in [1.807, 2.05) is 6.07 Å². The number of hydrogen-bond acceptors (Lipinski definition) is 3. The number of hydrogen-bond donors (Lipinski definition) is 2. The van der Waals surface area contributed by atoms with E-state index >= 15 is 0 Å². The van der Waals surface area contributed by atoms with Crippen LogP contribution in [0.25, 0.3) is 0 Å². The molecule has 0 saturated heterocycles. The molecule has 1 amide bonds. The second kappa shape index (κ2) is 7.94. The maximum Gasteiger partial charge on any atom is 0.306 e. The number of carbonyl (C=O) groups excluding carboxylic acids is 1. The SMILES string of the molecule is O=C(CCCc1ccc(Br)s1)NC1CCCC(C(=O)O)C1. The van der Waals surface area contributed by atoms with E-state index in [1.54, 1.807) is 11.3 Å². The highest BCUT2D eigenvalue weighted by Crippen LogP contribution is 2.25. The van der Waals surface area contributed by atoms with Gasteiger partial charge in [0.05, 0.1) is 9.70 Å². The molecule has 116 valence electrons. The molecule has 1 saturated carbocycles. The number of aryl methyl sites for hydroxylation is 1. The standard InChI is InChI=1S/C15H20BrNO3S/c16-13-8-7-12(21-13)5-2-6-14(18)17-11-4-1-3-10(9-11)15(19)20/h7-8,10-11H,1-6,9H2,(H,17,18)(H,19,20). The number of rotatable bonds is 6. The average molecular weight is 374 g/mol. The van der Waals surface area contributed by atoms with E-state index in [-0.39, 0.29) is 17.9 Å². The molecule has 4 nitrogen and oxygen atoms in total. The lowest BCUT2D eigenvalue weighted by molar-refractivity contribution is -0.143. The van der Waals surface area contributed by atoms with E-state index in [9.17, 15) is 9.59 Å². The summed E-state index contributed by atoms with van der Waals surface area (Å²) in [4.78, 5) is 24.2. The number of carboxylic acids is 1. The van der Waals surface area contributed by atoms with Crippen LogP contribution in [0.15, 0.2) is 15.9 Å². The number of carboxylic acid groups (broad SMARTS) is 1. The summed E-state index contributed by atoms with van der Waals surface area (Å²) in [6.45, 7) is 0. The molecule has 0 bridgehead atoms. The van der Waals surface area contributed by atoms with E-state index in [2.05, 4.69) is 27.3 Å². The van der Waals surface area contributed by atoms with Gasteiger partial charge in [0.15, 0.2) is 0 Å². The fraction of sp³-hybridized carbons (Fsp3) is 0.600. The van der Waals surface area contributed by atoms with Gasteiger partial charge in [0.1, 0.15) is 0 Å². The van der Waals surface area contributed by atoms with Crippen LogP contribution in [0.2, 0.25) is 0 Å². The summed E-state index contributed by atoms with van der Waals surface area (Å²) in [7, 11) is 0. The van der Waals surface area contributed by atoms with Gasteiger partial charge in [0.2, 0.25) is 5.91 Å². The van der Waals surface area contributed by atoms with E-state index < -0.39 is 5.97 Å². The lowest BCUT2D eigenvalue weighted by atomic mass is 9.86. The van der Waals surface area contributed by atoms with Crippen LogP contribution in [-0.2, 0) is 16.0 Å². The zero-order chi connectivity index (χ0) is 15.2. The number of thiophene rings is 1. The van der Waals surface area contributed by atoms with Crippen LogP contribution in [-0.4, -0.2) is 23.0 Å². The molecular weight excluding hydrogens is 354 g/mol. The first-order chi connectivity index (χ1) is 10.0. The minimum absolute atomic E-state index is 0.0308. The molecule has 2 rings (SSSR count). The molecule has 1 aromatic heterocycles. The number of amides is 1. The van der Waals surface area contributed by atoms with Gasteiger partial charge in [-0.15, -0.1) is 11.3 Å². The summed E-state index contributed by atoms with van der Waals surface area (Å²) in [5.41, 5.74) is 0. The normalized spacial score (nSPS) is 22.0. The molecule has 0 aliphatic heterocycles. The van der Waals surface area contributed by atoms with Crippen molar-refractivity contribution in [2.24, 2.45) is 5.92 Å². The van der Waals surface area contributed by atoms with Crippen molar-refractivity contribution in [1.29, 1.82) is 0 Å². The Morgan fingerprint density at radius 2 is 2.19 bits per heavy atom. The largest absolute Gasteiger partial charge is 0.481 e. The summed E-state index contributed by atoms with van der Waals surface area (Å²) in [5, 5.41) is 12.0. The fourth-order valence-electron chi connectivity index (χ4n) is 2.75. The van der Waals surface area contributed by atoms with Gasteiger partial charge < -0.3 is 10.4 Å². The maximum atomic E-state index is 11.9. The van der Waals surface area contributed by atoms with Crippen molar-refractivity contribution in [3.63, 3.8) is 0 Å². The molecule has 1 fully saturated rings. The predicted molar refractivity (Wildman–Crippen MR) is 86.5 cm³/mol. The quantitative estimate of drug-likeness (QED) is 0.800. The first-order valence-corrected chi connectivity index (χ1v) is 8.92. The van der Waals surface area contributed by atoms with Crippen LogP contribution in [0.5, 0.6) is 0 Å². The minimum Gasteiger partial charge on any atom is -0.481 e. The molecule has 1 heterocycles. The Bertz CT molecular complexity index is 503. The summed E-state index contributed by atoms with van der Waals surface area (Å²) >= 11 is 5.13. The Labute approximate surface area is 137 Å². The highest BCUT2D eigenvalue weighted by atomic mass is 79.9. The van der Waals surface area contributed by atoms with Gasteiger partial charge in [-0.2, -0.15) is 0 Å². The van der Waals surface area contributed by atoms with Crippen LogP contribution in [0, 0.1) is 5.92 Å². The van der Waals surface area contributed by atoms with E-state index in [4.69, 9.17) is 5.11 Å². The summed E-state index contributed by atoms with van der Waals surface area (Å²) < 4.78 is 1.11. The first kappa shape index (κ1) is 16.5. The zero-order valence-electron chi connectivity index (χ0n) is 11.8. The average Bonchev–Trinajstić information content (AvgIpc) is 2.84. The number of carbonyl (C=O) groups is 2. The van der Waals surface area contributed by atoms with Gasteiger partial charge in [-0.1, -0.05) is 6.42 Å². The molecule has 0 aromatic carbocycles. The molecule has 2 atom stereocenters. The summed E-state index contributed by atoms with van der Waals surface area (Å²) in [5.74, 6) is -0.994. The van der Waals surface area contributed by atoms with Crippen molar-refractivity contribution in [2.45, 2.75) is 51.0 Å².